The summed E-state index contributed by atoms with van der Waals surface area (Å²) in [5.74, 6) is 0. The van der Waals surface area contributed by atoms with Gasteiger partial charge in [0.05, 0.1) is 5.69 Å². The number of hydrogen-bond donors (Lipinski definition) is 0. The number of benzene rings is 2. The van der Waals surface area contributed by atoms with Crippen LogP contribution in [-0.4, -0.2) is 9.55 Å². The van der Waals surface area contributed by atoms with E-state index < -0.39 is 0 Å². The standard InChI is InChI=1S/C17H13ClN2S/c1-12-11-16(13-5-3-2-4-6-13)20(17(21)19-12)15-9-7-14(18)8-10-15/h2-11H,1H3. The maximum absolute atomic E-state index is 5.97. The smallest absolute Gasteiger partial charge is 0.204 e. The zero-order chi connectivity index (χ0) is 14.8. The van der Waals surface area contributed by atoms with Gasteiger partial charge in [-0.1, -0.05) is 41.9 Å². The van der Waals surface area contributed by atoms with Gasteiger partial charge in [0, 0.05) is 16.4 Å². The van der Waals surface area contributed by atoms with Crippen LogP contribution in [-0.2, 0) is 0 Å². The molecule has 2 nitrogen and oxygen atoms in total. The van der Waals surface area contributed by atoms with Crippen molar-refractivity contribution in [1.29, 1.82) is 0 Å². The van der Waals surface area contributed by atoms with Crippen molar-refractivity contribution in [1.82, 2.24) is 9.55 Å². The summed E-state index contributed by atoms with van der Waals surface area (Å²) in [6.07, 6.45) is 0. The number of halogens is 1. The van der Waals surface area contributed by atoms with Gasteiger partial charge < -0.3 is 0 Å². The molecule has 0 aliphatic heterocycles. The van der Waals surface area contributed by atoms with Gasteiger partial charge in [0.1, 0.15) is 0 Å². The Morgan fingerprint density at radius 1 is 1.00 bits per heavy atom. The molecule has 0 unspecified atom stereocenters. The minimum atomic E-state index is 0.538. The van der Waals surface area contributed by atoms with Crippen LogP contribution in [0.2, 0.25) is 5.02 Å². The second kappa shape index (κ2) is 5.80. The normalized spacial score (nSPS) is 10.6. The predicted molar refractivity (Wildman–Crippen MR) is 89.6 cm³/mol. The average molecular weight is 313 g/mol. The van der Waals surface area contributed by atoms with E-state index in [4.69, 9.17) is 23.8 Å². The summed E-state index contributed by atoms with van der Waals surface area (Å²) in [6, 6.07) is 19.8. The molecular formula is C17H13ClN2S. The third kappa shape index (κ3) is 2.89. The zero-order valence-electron chi connectivity index (χ0n) is 11.5. The minimum Gasteiger partial charge on any atom is -0.285 e. The highest BCUT2D eigenvalue weighted by Crippen LogP contribution is 2.24. The molecule has 2 aromatic carbocycles. The van der Waals surface area contributed by atoms with Gasteiger partial charge in [0.25, 0.3) is 0 Å². The SMILES string of the molecule is Cc1cc(-c2ccccc2)n(-c2ccc(Cl)cc2)c(=S)n1. The van der Waals surface area contributed by atoms with Crippen molar-refractivity contribution < 1.29 is 0 Å². The average Bonchev–Trinajstić information content (AvgIpc) is 2.49. The van der Waals surface area contributed by atoms with Gasteiger partial charge in [-0.05, 0) is 55.0 Å². The Morgan fingerprint density at radius 3 is 2.33 bits per heavy atom. The Hall–Kier alpha value is -1.97. The molecule has 1 heterocycles. The highest BCUT2D eigenvalue weighted by atomic mass is 35.5. The molecule has 0 bridgehead atoms. The molecule has 0 N–H and O–H groups in total. The molecule has 0 spiro atoms. The van der Waals surface area contributed by atoms with E-state index in [0.717, 1.165) is 22.6 Å². The van der Waals surface area contributed by atoms with Gasteiger partial charge in [-0.15, -0.1) is 0 Å². The van der Waals surface area contributed by atoms with E-state index in [0.29, 0.717) is 9.79 Å². The van der Waals surface area contributed by atoms with Gasteiger partial charge in [0.2, 0.25) is 4.77 Å². The lowest BCUT2D eigenvalue weighted by Crippen LogP contribution is -2.04. The maximum Gasteiger partial charge on any atom is 0.204 e. The van der Waals surface area contributed by atoms with Crippen molar-refractivity contribution >= 4 is 23.8 Å². The highest BCUT2D eigenvalue weighted by molar-refractivity contribution is 7.71. The molecule has 104 valence electrons. The first kappa shape index (κ1) is 14.0. The van der Waals surface area contributed by atoms with E-state index in [1.165, 1.54) is 0 Å². The fourth-order valence-electron chi connectivity index (χ4n) is 2.26. The fourth-order valence-corrected chi connectivity index (χ4v) is 2.73. The Bertz CT molecular complexity index is 824. The number of hydrogen-bond acceptors (Lipinski definition) is 2. The number of aromatic nitrogens is 2. The van der Waals surface area contributed by atoms with Crippen LogP contribution >= 0.6 is 23.8 Å². The van der Waals surface area contributed by atoms with Gasteiger partial charge in [-0.3, -0.25) is 4.57 Å². The summed E-state index contributed by atoms with van der Waals surface area (Å²) in [7, 11) is 0. The van der Waals surface area contributed by atoms with Crippen LogP contribution in [0.3, 0.4) is 0 Å². The molecular weight excluding hydrogens is 300 g/mol. The maximum atomic E-state index is 5.97. The lowest BCUT2D eigenvalue weighted by Gasteiger charge is -2.14. The topological polar surface area (TPSA) is 17.8 Å². The molecule has 0 saturated carbocycles. The van der Waals surface area contributed by atoms with Crippen molar-refractivity contribution in [3.8, 4) is 16.9 Å². The zero-order valence-corrected chi connectivity index (χ0v) is 13.0. The molecule has 1 aromatic heterocycles. The molecule has 3 aromatic rings. The second-order valence-electron chi connectivity index (χ2n) is 4.74. The molecule has 0 atom stereocenters. The van der Waals surface area contributed by atoms with Gasteiger partial charge in [0.15, 0.2) is 0 Å². The summed E-state index contributed by atoms with van der Waals surface area (Å²) >= 11 is 11.4. The summed E-state index contributed by atoms with van der Waals surface area (Å²) in [4.78, 5) is 4.40. The van der Waals surface area contributed by atoms with E-state index in [9.17, 15) is 0 Å². The molecule has 0 aliphatic carbocycles. The number of aryl methyl sites for hydroxylation is 1. The minimum absolute atomic E-state index is 0.538. The number of nitrogens with zero attached hydrogens (tertiary/aromatic N) is 2. The summed E-state index contributed by atoms with van der Waals surface area (Å²) in [6.45, 7) is 1.95. The Balaban J connectivity index is 2.29. The monoisotopic (exact) mass is 312 g/mol. The summed E-state index contributed by atoms with van der Waals surface area (Å²) in [5.41, 5.74) is 3.99. The van der Waals surface area contributed by atoms with E-state index >= 15 is 0 Å². The van der Waals surface area contributed by atoms with E-state index in [-0.39, 0.29) is 0 Å². The first-order valence-corrected chi connectivity index (χ1v) is 7.36. The van der Waals surface area contributed by atoms with E-state index in [2.05, 4.69) is 17.1 Å². The molecule has 21 heavy (non-hydrogen) atoms. The van der Waals surface area contributed by atoms with Crippen molar-refractivity contribution in [3.63, 3.8) is 0 Å². The molecule has 0 amide bonds. The largest absolute Gasteiger partial charge is 0.285 e. The Kier molecular flexibility index (Phi) is 3.86. The highest BCUT2D eigenvalue weighted by Gasteiger charge is 2.08. The van der Waals surface area contributed by atoms with Gasteiger partial charge in [-0.25, -0.2) is 4.98 Å². The van der Waals surface area contributed by atoms with Gasteiger partial charge >= 0.3 is 0 Å². The predicted octanol–water partition coefficient (Wildman–Crippen LogP) is 5.23. The molecule has 0 saturated heterocycles. The molecule has 0 radical (unpaired) electrons. The van der Waals surface area contributed by atoms with E-state index in [1.807, 2.05) is 60.0 Å². The van der Waals surface area contributed by atoms with Crippen LogP contribution in [0.25, 0.3) is 16.9 Å². The first-order valence-electron chi connectivity index (χ1n) is 6.57. The fraction of sp³-hybridized carbons (Fsp3) is 0.0588. The van der Waals surface area contributed by atoms with Crippen molar-refractivity contribution in [2.75, 3.05) is 0 Å². The van der Waals surface area contributed by atoms with Crippen LogP contribution in [0.1, 0.15) is 5.69 Å². The lowest BCUT2D eigenvalue weighted by atomic mass is 10.1. The van der Waals surface area contributed by atoms with Crippen LogP contribution in [0.5, 0.6) is 0 Å². The van der Waals surface area contributed by atoms with Crippen molar-refractivity contribution in [2.24, 2.45) is 0 Å². The van der Waals surface area contributed by atoms with Crippen LogP contribution in [0, 0.1) is 11.7 Å². The van der Waals surface area contributed by atoms with Crippen LogP contribution in [0.4, 0.5) is 0 Å². The third-order valence-electron chi connectivity index (χ3n) is 3.20. The Morgan fingerprint density at radius 2 is 1.67 bits per heavy atom. The summed E-state index contributed by atoms with van der Waals surface area (Å²) < 4.78 is 2.50. The molecule has 0 aliphatic rings. The van der Waals surface area contributed by atoms with Crippen molar-refractivity contribution in [2.45, 2.75) is 6.92 Å². The second-order valence-corrected chi connectivity index (χ2v) is 5.54. The van der Waals surface area contributed by atoms with Crippen LogP contribution in [0.15, 0.2) is 60.7 Å². The van der Waals surface area contributed by atoms with Crippen molar-refractivity contribution in [3.05, 3.63) is 76.2 Å². The first-order chi connectivity index (χ1) is 10.1. The third-order valence-corrected chi connectivity index (χ3v) is 3.73. The van der Waals surface area contributed by atoms with Crippen LogP contribution < -0.4 is 0 Å². The molecule has 3 rings (SSSR count). The summed E-state index contributed by atoms with van der Waals surface area (Å²) in [5, 5.41) is 0.701. The lowest BCUT2D eigenvalue weighted by molar-refractivity contribution is 0.943. The molecule has 0 fully saturated rings. The Labute approximate surface area is 133 Å². The molecule has 4 heteroatoms. The van der Waals surface area contributed by atoms with E-state index in [1.54, 1.807) is 0 Å². The quantitative estimate of drug-likeness (QED) is 0.603. The van der Waals surface area contributed by atoms with Gasteiger partial charge in [-0.2, -0.15) is 0 Å². The number of rotatable bonds is 2.